The van der Waals surface area contributed by atoms with Gasteiger partial charge in [-0.05, 0) is 60.9 Å². The molecule has 0 unspecified atom stereocenters. The SMILES string of the molecule is Cc1cc(C)cc(C=C(C(=O)O)c2ccc(Oc3ccc(Cc4sc(=O)[nH]c4O)cc3)cc2)c1. The maximum Gasteiger partial charge on any atom is 0.336 e. The van der Waals surface area contributed by atoms with Gasteiger partial charge in [-0.1, -0.05) is 64.9 Å². The fourth-order valence-electron chi connectivity index (χ4n) is 3.70. The Bertz CT molecular complexity index is 1390. The molecule has 3 aromatic carbocycles. The maximum atomic E-state index is 11.9. The molecule has 0 fully saturated rings. The standard InChI is InChI=1S/C27H23NO5S/c1-16-11-17(2)13-19(12-16)14-23(26(30)31)20-5-9-22(10-6-20)33-21-7-3-18(4-8-21)15-24-25(29)28-27(32)34-24/h3-14,29H,15H2,1-2H3,(H,28,32)(H,30,31). The average Bonchev–Trinajstić information content (AvgIpc) is 3.10. The summed E-state index contributed by atoms with van der Waals surface area (Å²) in [6.07, 6.45) is 2.12. The third kappa shape index (κ3) is 5.63. The number of carboxylic acids is 1. The van der Waals surface area contributed by atoms with E-state index in [1.165, 1.54) is 0 Å². The Morgan fingerprint density at radius 1 is 0.971 bits per heavy atom. The lowest BCUT2D eigenvalue weighted by molar-refractivity contribution is -0.130. The molecule has 0 amide bonds. The molecule has 7 heteroatoms. The molecule has 0 spiro atoms. The van der Waals surface area contributed by atoms with Crippen LogP contribution < -0.4 is 9.61 Å². The predicted octanol–water partition coefficient (Wildman–Crippen LogP) is 5.77. The topological polar surface area (TPSA) is 99.6 Å². The number of aromatic nitrogens is 1. The molecule has 6 nitrogen and oxygen atoms in total. The molecule has 4 rings (SSSR count). The van der Waals surface area contributed by atoms with Gasteiger partial charge in [0.05, 0.1) is 10.5 Å². The zero-order valence-electron chi connectivity index (χ0n) is 18.7. The fourth-order valence-corrected chi connectivity index (χ4v) is 4.46. The summed E-state index contributed by atoms with van der Waals surface area (Å²) in [5.41, 5.74) is 4.71. The van der Waals surface area contributed by atoms with Crippen molar-refractivity contribution in [2.24, 2.45) is 0 Å². The molecule has 4 aromatic rings. The number of nitrogens with one attached hydrogen (secondary N) is 1. The van der Waals surface area contributed by atoms with Crippen molar-refractivity contribution in [2.45, 2.75) is 20.3 Å². The van der Waals surface area contributed by atoms with Gasteiger partial charge in [0.25, 0.3) is 0 Å². The van der Waals surface area contributed by atoms with E-state index in [4.69, 9.17) is 4.74 Å². The highest BCUT2D eigenvalue weighted by molar-refractivity contribution is 7.09. The van der Waals surface area contributed by atoms with Crippen LogP contribution >= 0.6 is 11.3 Å². The first kappa shape index (κ1) is 23.1. The van der Waals surface area contributed by atoms with Crippen molar-refractivity contribution >= 4 is 29.0 Å². The zero-order valence-corrected chi connectivity index (χ0v) is 19.5. The Kier molecular flexibility index (Phi) is 6.65. The number of benzene rings is 3. The third-order valence-corrected chi connectivity index (χ3v) is 6.05. The summed E-state index contributed by atoms with van der Waals surface area (Å²) in [5.74, 6) is 0.103. The molecule has 0 aliphatic rings. The second-order valence-electron chi connectivity index (χ2n) is 8.02. The summed E-state index contributed by atoms with van der Waals surface area (Å²) in [6, 6.07) is 20.2. The van der Waals surface area contributed by atoms with Gasteiger partial charge in [-0.15, -0.1) is 0 Å². The van der Waals surface area contributed by atoms with Crippen molar-refractivity contribution < 1.29 is 19.7 Å². The van der Waals surface area contributed by atoms with Gasteiger partial charge >= 0.3 is 10.8 Å². The third-order valence-electron chi connectivity index (χ3n) is 5.17. The van der Waals surface area contributed by atoms with E-state index < -0.39 is 5.97 Å². The van der Waals surface area contributed by atoms with Crippen LogP contribution in [0.1, 0.15) is 32.7 Å². The number of aryl methyl sites for hydroxylation is 2. The number of aromatic amines is 1. The van der Waals surface area contributed by atoms with Crippen LogP contribution in [0.5, 0.6) is 17.4 Å². The van der Waals surface area contributed by atoms with Gasteiger partial charge in [-0.2, -0.15) is 0 Å². The largest absolute Gasteiger partial charge is 0.494 e. The van der Waals surface area contributed by atoms with Gasteiger partial charge in [0.1, 0.15) is 11.5 Å². The molecule has 0 saturated carbocycles. The van der Waals surface area contributed by atoms with Crippen molar-refractivity contribution in [3.63, 3.8) is 0 Å². The van der Waals surface area contributed by atoms with Crippen LogP contribution in [0.2, 0.25) is 0 Å². The lowest BCUT2D eigenvalue weighted by Crippen LogP contribution is -2.00. The van der Waals surface area contributed by atoms with E-state index in [-0.39, 0.29) is 16.3 Å². The first-order chi connectivity index (χ1) is 16.3. The summed E-state index contributed by atoms with van der Waals surface area (Å²) in [5, 5.41) is 19.5. The quantitative estimate of drug-likeness (QED) is 0.234. The summed E-state index contributed by atoms with van der Waals surface area (Å²) in [4.78, 5) is 25.9. The van der Waals surface area contributed by atoms with E-state index in [1.807, 2.05) is 44.2 Å². The molecule has 1 aromatic heterocycles. The van der Waals surface area contributed by atoms with Crippen LogP contribution in [0.4, 0.5) is 0 Å². The molecule has 172 valence electrons. The van der Waals surface area contributed by atoms with Crippen LogP contribution in [-0.4, -0.2) is 21.2 Å². The number of hydrogen-bond donors (Lipinski definition) is 3. The minimum atomic E-state index is -0.998. The Balaban J connectivity index is 1.48. The van der Waals surface area contributed by atoms with E-state index in [9.17, 15) is 19.8 Å². The highest BCUT2D eigenvalue weighted by atomic mass is 32.1. The van der Waals surface area contributed by atoms with E-state index >= 15 is 0 Å². The summed E-state index contributed by atoms with van der Waals surface area (Å²) in [6.45, 7) is 3.97. The molecule has 0 saturated heterocycles. The molecule has 0 aliphatic heterocycles. The van der Waals surface area contributed by atoms with Gasteiger partial charge in [0, 0.05) is 6.42 Å². The molecule has 0 atom stereocenters. The van der Waals surface area contributed by atoms with Gasteiger partial charge in [0.2, 0.25) is 5.88 Å². The number of carboxylic acid groups (broad SMARTS) is 1. The Morgan fingerprint density at radius 2 is 1.56 bits per heavy atom. The second-order valence-corrected chi connectivity index (χ2v) is 9.09. The van der Waals surface area contributed by atoms with Crippen LogP contribution in [-0.2, 0) is 11.2 Å². The summed E-state index contributed by atoms with van der Waals surface area (Å²) in [7, 11) is 0. The summed E-state index contributed by atoms with van der Waals surface area (Å²) < 4.78 is 5.89. The maximum absolute atomic E-state index is 11.9. The molecule has 0 bridgehead atoms. The first-order valence-corrected chi connectivity index (χ1v) is 11.4. The first-order valence-electron chi connectivity index (χ1n) is 10.6. The van der Waals surface area contributed by atoms with Crippen LogP contribution in [0.3, 0.4) is 0 Å². The Morgan fingerprint density at radius 3 is 2.09 bits per heavy atom. The average molecular weight is 474 g/mol. The van der Waals surface area contributed by atoms with Crippen molar-refractivity contribution in [1.29, 1.82) is 0 Å². The predicted molar refractivity (Wildman–Crippen MR) is 134 cm³/mol. The monoisotopic (exact) mass is 473 g/mol. The number of ether oxygens (including phenoxy) is 1. The summed E-state index contributed by atoms with van der Waals surface area (Å²) >= 11 is 0.985. The Labute approximate surface area is 200 Å². The highest BCUT2D eigenvalue weighted by Gasteiger charge is 2.12. The van der Waals surface area contributed by atoms with E-state index in [1.54, 1.807) is 42.5 Å². The molecule has 0 aliphatic carbocycles. The molecule has 1 heterocycles. The number of rotatable bonds is 7. The van der Waals surface area contributed by atoms with Crippen LogP contribution in [0.15, 0.2) is 71.5 Å². The lowest BCUT2D eigenvalue weighted by atomic mass is 10.0. The van der Waals surface area contributed by atoms with Crippen molar-refractivity contribution in [3.05, 3.63) is 109 Å². The number of aromatic hydroxyl groups is 1. The van der Waals surface area contributed by atoms with Crippen molar-refractivity contribution in [1.82, 2.24) is 4.98 Å². The van der Waals surface area contributed by atoms with E-state index in [0.29, 0.717) is 28.4 Å². The molecule has 34 heavy (non-hydrogen) atoms. The van der Waals surface area contributed by atoms with Gasteiger partial charge in [-0.3, -0.25) is 9.78 Å². The number of thiazole rings is 1. The van der Waals surface area contributed by atoms with Gasteiger partial charge in [0.15, 0.2) is 0 Å². The van der Waals surface area contributed by atoms with Gasteiger partial charge in [-0.25, -0.2) is 4.79 Å². The number of aliphatic carboxylic acids is 1. The lowest BCUT2D eigenvalue weighted by Gasteiger charge is -2.09. The van der Waals surface area contributed by atoms with Crippen LogP contribution in [0.25, 0.3) is 11.6 Å². The number of hydrogen-bond acceptors (Lipinski definition) is 5. The van der Waals surface area contributed by atoms with Crippen LogP contribution in [0, 0.1) is 13.8 Å². The minimum Gasteiger partial charge on any atom is -0.494 e. The number of H-pyrrole nitrogens is 1. The normalized spacial score (nSPS) is 11.4. The van der Waals surface area contributed by atoms with Crippen molar-refractivity contribution in [3.8, 4) is 17.4 Å². The van der Waals surface area contributed by atoms with E-state index in [0.717, 1.165) is 33.6 Å². The van der Waals surface area contributed by atoms with Crippen molar-refractivity contribution in [2.75, 3.05) is 0 Å². The number of carbonyl (C=O) groups is 1. The molecule has 3 N–H and O–H groups in total. The second kappa shape index (κ2) is 9.80. The minimum absolute atomic E-state index is 0.0947. The smallest absolute Gasteiger partial charge is 0.336 e. The fraction of sp³-hybridized carbons (Fsp3) is 0.111. The van der Waals surface area contributed by atoms with Gasteiger partial charge < -0.3 is 14.9 Å². The van der Waals surface area contributed by atoms with E-state index in [2.05, 4.69) is 4.98 Å². The zero-order chi connectivity index (χ0) is 24.2. The highest BCUT2D eigenvalue weighted by Crippen LogP contribution is 2.27. The molecule has 0 radical (unpaired) electrons. The Hall–Kier alpha value is -4.10. The molecular weight excluding hydrogens is 450 g/mol. The molecular formula is C27H23NO5S.